The van der Waals surface area contributed by atoms with Crippen LogP contribution in [-0.4, -0.2) is 18.5 Å². The van der Waals surface area contributed by atoms with Crippen molar-refractivity contribution in [3.05, 3.63) is 0 Å². The Hall–Kier alpha value is -0.570. The van der Waals surface area contributed by atoms with Crippen LogP contribution in [0, 0.1) is 29.1 Å². The molecule has 0 aromatic rings. The van der Waals surface area contributed by atoms with E-state index in [2.05, 4.69) is 5.32 Å². The Labute approximate surface area is 128 Å². The molecule has 0 saturated heterocycles. The zero-order valence-electron chi connectivity index (χ0n) is 13.2. The van der Waals surface area contributed by atoms with Gasteiger partial charge < -0.3 is 11.1 Å². The highest BCUT2D eigenvalue weighted by atomic mass is 16.1. The molecule has 5 aliphatic rings. The maximum Gasteiger partial charge on any atom is 0.220 e. The van der Waals surface area contributed by atoms with E-state index in [9.17, 15) is 4.79 Å². The molecule has 2 unspecified atom stereocenters. The molecule has 3 N–H and O–H groups in total. The van der Waals surface area contributed by atoms with Crippen LogP contribution < -0.4 is 11.1 Å². The van der Waals surface area contributed by atoms with Crippen LogP contribution in [0.1, 0.15) is 64.2 Å². The van der Waals surface area contributed by atoms with Crippen molar-refractivity contribution >= 4 is 5.91 Å². The molecule has 0 spiro atoms. The van der Waals surface area contributed by atoms with E-state index in [1.165, 1.54) is 44.9 Å². The molecule has 5 fully saturated rings. The van der Waals surface area contributed by atoms with Gasteiger partial charge in [0.1, 0.15) is 0 Å². The first kappa shape index (κ1) is 14.0. The molecule has 2 atom stereocenters. The zero-order valence-corrected chi connectivity index (χ0v) is 13.2. The lowest BCUT2D eigenvalue weighted by atomic mass is 9.49. The van der Waals surface area contributed by atoms with E-state index in [1.807, 2.05) is 0 Å². The summed E-state index contributed by atoms with van der Waals surface area (Å²) in [4.78, 5) is 12.4. The molecule has 3 heteroatoms. The van der Waals surface area contributed by atoms with Crippen molar-refractivity contribution in [2.24, 2.45) is 34.8 Å². The summed E-state index contributed by atoms with van der Waals surface area (Å²) < 4.78 is 0. The molecule has 5 aliphatic carbocycles. The predicted octanol–water partition coefficient (Wildman–Crippen LogP) is 2.84. The minimum Gasteiger partial charge on any atom is -0.356 e. The Kier molecular flexibility index (Phi) is 3.52. The quantitative estimate of drug-likeness (QED) is 0.836. The van der Waals surface area contributed by atoms with E-state index in [4.69, 9.17) is 5.73 Å². The fourth-order valence-electron chi connectivity index (χ4n) is 6.47. The molecule has 118 valence electrons. The first-order valence-corrected chi connectivity index (χ1v) is 9.12. The monoisotopic (exact) mass is 290 g/mol. The number of rotatable bonds is 4. The van der Waals surface area contributed by atoms with Crippen LogP contribution in [0.5, 0.6) is 0 Å². The first-order chi connectivity index (χ1) is 10.1. The normalized spacial score (nSPS) is 47.8. The summed E-state index contributed by atoms with van der Waals surface area (Å²) in [7, 11) is 0. The van der Waals surface area contributed by atoms with E-state index in [0.29, 0.717) is 23.3 Å². The third-order valence-electron chi connectivity index (χ3n) is 6.87. The molecule has 1 amide bonds. The van der Waals surface area contributed by atoms with Crippen molar-refractivity contribution in [2.75, 3.05) is 6.54 Å². The standard InChI is InChI=1S/C18H30N2O/c19-16-2-1-12(6-16)11-20-17(21)10-18-7-13-3-14(8-18)5-15(4-13)9-18/h12-16H,1-11,19H2,(H,20,21). The SMILES string of the molecule is NC1CCC(CNC(=O)CC23CC4CC(CC(C4)C2)C3)C1. The Morgan fingerprint density at radius 2 is 1.62 bits per heavy atom. The van der Waals surface area contributed by atoms with Crippen LogP contribution in [0.3, 0.4) is 0 Å². The van der Waals surface area contributed by atoms with Crippen LogP contribution in [-0.2, 0) is 4.79 Å². The summed E-state index contributed by atoms with van der Waals surface area (Å²) in [5, 5.41) is 3.23. The minimum atomic E-state index is 0.317. The summed E-state index contributed by atoms with van der Waals surface area (Å²) >= 11 is 0. The lowest BCUT2D eigenvalue weighted by Crippen LogP contribution is -2.48. The molecular formula is C18H30N2O. The van der Waals surface area contributed by atoms with Crippen molar-refractivity contribution in [1.82, 2.24) is 5.32 Å². The van der Waals surface area contributed by atoms with E-state index >= 15 is 0 Å². The van der Waals surface area contributed by atoms with Crippen molar-refractivity contribution in [3.63, 3.8) is 0 Å². The van der Waals surface area contributed by atoms with Gasteiger partial charge in [0.25, 0.3) is 0 Å². The van der Waals surface area contributed by atoms with Gasteiger partial charge in [-0.1, -0.05) is 0 Å². The maximum atomic E-state index is 12.4. The average Bonchev–Trinajstić information content (AvgIpc) is 2.80. The fourth-order valence-corrected chi connectivity index (χ4v) is 6.47. The second kappa shape index (κ2) is 5.26. The Morgan fingerprint density at radius 1 is 1.00 bits per heavy atom. The molecule has 3 nitrogen and oxygen atoms in total. The summed E-state index contributed by atoms with van der Waals surface area (Å²) in [6.07, 6.45) is 12.6. The molecule has 0 aliphatic heterocycles. The van der Waals surface area contributed by atoms with Crippen molar-refractivity contribution in [2.45, 2.75) is 70.3 Å². The smallest absolute Gasteiger partial charge is 0.220 e. The molecule has 0 heterocycles. The second-order valence-electron chi connectivity index (χ2n) is 8.84. The summed E-state index contributed by atoms with van der Waals surface area (Å²) in [6, 6.07) is 0.370. The topological polar surface area (TPSA) is 55.1 Å². The number of nitrogens with two attached hydrogens (primary N) is 1. The van der Waals surface area contributed by atoms with Gasteiger partial charge in [0.2, 0.25) is 5.91 Å². The van der Waals surface area contributed by atoms with Crippen LogP contribution >= 0.6 is 0 Å². The number of carbonyl (C=O) groups excluding carboxylic acids is 1. The van der Waals surface area contributed by atoms with Gasteiger partial charge in [-0.2, -0.15) is 0 Å². The van der Waals surface area contributed by atoms with E-state index in [1.54, 1.807) is 0 Å². The van der Waals surface area contributed by atoms with Crippen LogP contribution in [0.2, 0.25) is 0 Å². The second-order valence-corrected chi connectivity index (χ2v) is 8.84. The third-order valence-corrected chi connectivity index (χ3v) is 6.87. The fraction of sp³-hybridized carbons (Fsp3) is 0.944. The number of nitrogens with one attached hydrogen (secondary N) is 1. The largest absolute Gasteiger partial charge is 0.356 e. The number of amides is 1. The molecule has 5 saturated carbocycles. The molecule has 5 rings (SSSR count). The highest BCUT2D eigenvalue weighted by Gasteiger charge is 2.51. The summed E-state index contributed by atoms with van der Waals surface area (Å²) in [5.41, 5.74) is 6.33. The Morgan fingerprint density at radius 3 is 2.14 bits per heavy atom. The number of hydrogen-bond acceptors (Lipinski definition) is 2. The van der Waals surface area contributed by atoms with Crippen LogP contribution in [0.25, 0.3) is 0 Å². The van der Waals surface area contributed by atoms with E-state index in [0.717, 1.165) is 43.6 Å². The van der Waals surface area contributed by atoms with Gasteiger partial charge in [0.05, 0.1) is 0 Å². The molecular weight excluding hydrogens is 260 g/mol. The maximum absolute atomic E-state index is 12.4. The van der Waals surface area contributed by atoms with Crippen LogP contribution in [0.15, 0.2) is 0 Å². The summed E-state index contributed by atoms with van der Waals surface area (Å²) in [5.74, 6) is 3.77. The molecule has 4 bridgehead atoms. The lowest BCUT2D eigenvalue weighted by molar-refractivity contribution is -0.129. The molecule has 21 heavy (non-hydrogen) atoms. The van der Waals surface area contributed by atoms with Gasteiger partial charge in [0.15, 0.2) is 0 Å². The van der Waals surface area contributed by atoms with E-state index in [-0.39, 0.29) is 0 Å². The third kappa shape index (κ3) is 2.86. The van der Waals surface area contributed by atoms with E-state index < -0.39 is 0 Å². The van der Waals surface area contributed by atoms with Gasteiger partial charge >= 0.3 is 0 Å². The van der Waals surface area contributed by atoms with Crippen molar-refractivity contribution in [3.8, 4) is 0 Å². The first-order valence-electron chi connectivity index (χ1n) is 9.12. The van der Waals surface area contributed by atoms with Gasteiger partial charge in [-0.05, 0) is 86.9 Å². The number of carbonyl (C=O) groups is 1. The highest BCUT2D eigenvalue weighted by Crippen LogP contribution is 2.61. The van der Waals surface area contributed by atoms with Gasteiger partial charge in [-0.3, -0.25) is 4.79 Å². The van der Waals surface area contributed by atoms with Crippen molar-refractivity contribution < 1.29 is 4.79 Å². The van der Waals surface area contributed by atoms with Gasteiger partial charge in [-0.25, -0.2) is 0 Å². The molecule has 0 aromatic heterocycles. The summed E-state index contributed by atoms with van der Waals surface area (Å²) in [6.45, 7) is 0.860. The number of hydrogen-bond donors (Lipinski definition) is 2. The minimum absolute atomic E-state index is 0.317. The zero-order chi connectivity index (χ0) is 14.4. The Bertz CT molecular complexity index is 384. The van der Waals surface area contributed by atoms with Crippen LogP contribution in [0.4, 0.5) is 0 Å². The predicted molar refractivity (Wildman–Crippen MR) is 83.5 cm³/mol. The highest BCUT2D eigenvalue weighted by molar-refractivity contribution is 5.76. The van der Waals surface area contributed by atoms with Gasteiger partial charge in [0, 0.05) is 19.0 Å². The van der Waals surface area contributed by atoms with Gasteiger partial charge in [-0.15, -0.1) is 0 Å². The Balaban J connectivity index is 1.30. The molecule has 0 aromatic carbocycles. The average molecular weight is 290 g/mol. The lowest BCUT2D eigenvalue weighted by Gasteiger charge is -2.56. The van der Waals surface area contributed by atoms with Crippen molar-refractivity contribution in [1.29, 1.82) is 0 Å². The molecule has 0 radical (unpaired) electrons.